The summed E-state index contributed by atoms with van der Waals surface area (Å²) in [6, 6.07) is -0.774. The Hall–Kier alpha value is -3.54. The number of aryl methyl sites for hydroxylation is 1. The summed E-state index contributed by atoms with van der Waals surface area (Å²) in [7, 11) is -3.18. The second-order valence-corrected chi connectivity index (χ2v) is 19.7. The largest absolute Gasteiger partial charge is 0.509 e. The number of rotatable bonds is 9. The Bertz CT molecular complexity index is 2330. The van der Waals surface area contributed by atoms with E-state index in [1.54, 1.807) is 32.3 Å². The topological polar surface area (TPSA) is 288 Å². The zero-order valence-electron chi connectivity index (χ0n) is 31.2. The van der Waals surface area contributed by atoms with Crippen LogP contribution in [0.25, 0.3) is 22.3 Å². The maximum Gasteiger partial charge on any atom is 0.509 e. The average molecular weight is 858 g/mol. The zero-order chi connectivity index (χ0) is 40.4. The van der Waals surface area contributed by atoms with Crippen LogP contribution in [-0.4, -0.2) is 120 Å². The van der Waals surface area contributed by atoms with Gasteiger partial charge in [0.25, 0.3) is 5.56 Å². The third-order valence-corrected chi connectivity index (χ3v) is 15.1. The highest BCUT2D eigenvalue weighted by atomic mass is 32.7. The molecule has 4 fully saturated rings. The van der Waals surface area contributed by atoms with Crippen LogP contribution in [0, 0.1) is 18.3 Å². The molecule has 310 valence electrons. The van der Waals surface area contributed by atoms with Crippen molar-refractivity contribution < 1.29 is 60.6 Å². The number of nitrogens with two attached hydrogens (primary N) is 1. The maximum absolute atomic E-state index is 14.9. The molecule has 57 heavy (non-hydrogen) atoms. The van der Waals surface area contributed by atoms with Gasteiger partial charge in [0.05, 0.1) is 44.6 Å². The molecule has 2 aliphatic carbocycles. The molecule has 1 unspecified atom stereocenters. The van der Waals surface area contributed by atoms with E-state index < -0.39 is 99.1 Å². The van der Waals surface area contributed by atoms with Crippen LogP contribution in [0.2, 0.25) is 0 Å². The molecule has 2 saturated heterocycles. The van der Waals surface area contributed by atoms with Crippen molar-refractivity contribution in [1.82, 2.24) is 39.0 Å². The van der Waals surface area contributed by atoms with Crippen molar-refractivity contribution in [2.75, 3.05) is 38.6 Å². The lowest BCUT2D eigenvalue weighted by molar-refractivity contribution is -0.0612. The molecule has 23 nitrogen and oxygen atoms in total. The Labute approximate surface area is 327 Å². The van der Waals surface area contributed by atoms with Crippen molar-refractivity contribution in [3.63, 3.8) is 0 Å². The van der Waals surface area contributed by atoms with E-state index in [0.717, 1.165) is 0 Å². The summed E-state index contributed by atoms with van der Waals surface area (Å²) in [5.41, 5.74) is 5.19. The first kappa shape index (κ1) is 40.2. The predicted molar refractivity (Wildman–Crippen MR) is 197 cm³/mol. The minimum Gasteiger partial charge on any atom is -0.432 e. The Balaban J connectivity index is 1.19. The second-order valence-electron chi connectivity index (χ2n) is 14.1. The van der Waals surface area contributed by atoms with Crippen LogP contribution in [-0.2, 0) is 50.7 Å². The number of H-pyrrole nitrogens is 1. The third kappa shape index (κ3) is 7.28. The number of fused-ring (bicyclic) bond motifs is 4. The maximum atomic E-state index is 14.9. The third-order valence-electron chi connectivity index (χ3n) is 10.3. The van der Waals surface area contributed by atoms with Crippen molar-refractivity contribution in [3.8, 4) is 0 Å². The minimum atomic E-state index is -4.54. The van der Waals surface area contributed by atoms with Crippen LogP contribution >= 0.6 is 26.0 Å². The number of carbonyl (C=O) groups is 1. The van der Waals surface area contributed by atoms with Gasteiger partial charge in [-0.15, -0.1) is 0 Å². The number of imidazole rings is 2. The normalized spacial score (nSPS) is 35.4. The lowest BCUT2D eigenvalue weighted by Crippen LogP contribution is -2.38. The summed E-state index contributed by atoms with van der Waals surface area (Å²) in [6.07, 6.45) is -4.50. The van der Waals surface area contributed by atoms with Gasteiger partial charge < -0.3 is 39.3 Å². The number of nitrogen functional groups attached to an aromatic ring is 1. The van der Waals surface area contributed by atoms with Gasteiger partial charge in [0.15, 0.2) is 34.8 Å². The molecule has 2 saturated carbocycles. The van der Waals surface area contributed by atoms with E-state index in [-0.39, 0.29) is 36.0 Å². The number of aromatic amines is 1. The second kappa shape index (κ2) is 15.2. The molecule has 11 atom stereocenters. The van der Waals surface area contributed by atoms with Crippen LogP contribution in [0.5, 0.6) is 0 Å². The van der Waals surface area contributed by atoms with E-state index in [4.69, 9.17) is 47.3 Å². The van der Waals surface area contributed by atoms with Crippen LogP contribution in [0.15, 0.2) is 23.8 Å². The van der Waals surface area contributed by atoms with E-state index in [1.165, 1.54) is 30.7 Å². The number of ether oxygens (including phenoxy) is 4. The number of aromatic nitrogens is 8. The van der Waals surface area contributed by atoms with Gasteiger partial charge in [-0.05, 0) is 40.0 Å². The van der Waals surface area contributed by atoms with Crippen LogP contribution in [0.1, 0.15) is 45.3 Å². The van der Waals surface area contributed by atoms with Crippen LogP contribution < -0.4 is 11.3 Å². The highest BCUT2D eigenvalue weighted by Gasteiger charge is 2.74. The summed E-state index contributed by atoms with van der Waals surface area (Å²) in [4.78, 5) is 49.0. The Morgan fingerprint density at radius 1 is 1.14 bits per heavy atom. The number of hydrogen-bond acceptors (Lipinski definition) is 21. The van der Waals surface area contributed by atoms with Crippen molar-refractivity contribution in [3.05, 3.63) is 35.2 Å². The molecule has 4 aromatic heterocycles. The van der Waals surface area contributed by atoms with Crippen LogP contribution in [0.3, 0.4) is 0 Å². The number of phosphoric acid groups is 1. The summed E-state index contributed by atoms with van der Waals surface area (Å²) in [5, 5.41) is 12.1. The lowest BCUT2D eigenvalue weighted by Gasteiger charge is -2.32. The van der Waals surface area contributed by atoms with Gasteiger partial charge in [0, 0.05) is 23.9 Å². The molecule has 0 radical (unpaired) electrons. The van der Waals surface area contributed by atoms with Gasteiger partial charge in [-0.1, -0.05) is 0 Å². The molecule has 1 spiro atoms. The number of nitrogens with one attached hydrogen (secondary N) is 1. The lowest BCUT2D eigenvalue weighted by atomic mass is 10.0. The fourth-order valence-electron chi connectivity index (χ4n) is 7.82. The fraction of sp³-hybridized carbons (Fsp3) is 0.645. The summed E-state index contributed by atoms with van der Waals surface area (Å²) in [6.45, 7) is 1.06. The molecule has 0 amide bonds. The smallest absolute Gasteiger partial charge is 0.432 e. The van der Waals surface area contributed by atoms with Crippen LogP contribution in [0.4, 0.5) is 10.6 Å². The number of carbonyl (C=O) groups excluding carboxylic acids is 1. The summed E-state index contributed by atoms with van der Waals surface area (Å²) in [5.74, 6) is -0.550. The van der Waals surface area contributed by atoms with Crippen molar-refractivity contribution in [1.29, 1.82) is 0 Å². The van der Waals surface area contributed by atoms with Crippen molar-refractivity contribution >= 4 is 60.3 Å². The standard InChI is InChI=1S/C31H41N9O14P2S/c1-6-48-55(44)50-9-31-7-16(31)20(39-11-35-18-25(32)33-10-34-26(18)39)21(41)24(31)54-56(45,57-13-47-30(43)51-14(2)3)49-8-17-22(46-5)23(53-55)29(52-17)40-12-36-19-27(40)37-15(4)38-28(19)42/h10-12,14,16-17,20-24,29,41H,6-9,13H2,1-5H3,(H2,32,33,34)(H,37,38,42)/t16-,17-,20-,21+,22-,23-,24+,29-,31?,55-,56+/m1/s1. The highest BCUT2D eigenvalue weighted by molar-refractivity contribution is 8.55. The quantitative estimate of drug-likeness (QED) is 0.124. The molecule has 2 aliphatic heterocycles. The number of aliphatic hydroxyl groups excluding tert-OH is 1. The molecule has 4 aromatic rings. The Morgan fingerprint density at radius 2 is 1.91 bits per heavy atom. The van der Waals surface area contributed by atoms with Gasteiger partial charge in [0.2, 0.25) is 0 Å². The van der Waals surface area contributed by atoms with Crippen molar-refractivity contribution in [2.24, 2.45) is 11.3 Å². The number of phosphoric ester groups is 1. The first-order valence-corrected chi connectivity index (χ1v) is 22.5. The molecule has 0 aromatic carbocycles. The number of nitrogens with zero attached hydrogens (tertiary/aromatic N) is 7. The monoisotopic (exact) mass is 857 g/mol. The summed E-state index contributed by atoms with van der Waals surface area (Å²) >= 11 is 0.538. The fourth-order valence-corrected chi connectivity index (χ4v) is 12.1. The van der Waals surface area contributed by atoms with Gasteiger partial charge in [-0.2, -0.15) is 0 Å². The Kier molecular flexibility index (Phi) is 10.8. The number of aliphatic hydroxyl groups is 1. The number of methoxy groups -OCH3 is 1. The van der Waals surface area contributed by atoms with E-state index in [1.807, 2.05) is 0 Å². The number of anilines is 1. The molecule has 26 heteroatoms. The van der Waals surface area contributed by atoms with Gasteiger partial charge in [-0.3, -0.25) is 32.0 Å². The molecule has 8 rings (SSSR count). The van der Waals surface area contributed by atoms with Gasteiger partial charge in [-0.25, -0.2) is 38.8 Å². The predicted octanol–water partition coefficient (Wildman–Crippen LogP) is 3.01. The van der Waals surface area contributed by atoms with E-state index in [2.05, 4.69) is 29.9 Å². The van der Waals surface area contributed by atoms with Gasteiger partial charge in [0.1, 0.15) is 48.2 Å². The number of hydrogen-bond donors (Lipinski definition) is 3. The zero-order valence-corrected chi connectivity index (χ0v) is 33.8. The minimum absolute atomic E-state index is 0.000334. The molecular weight excluding hydrogens is 816 g/mol. The Morgan fingerprint density at radius 3 is 2.67 bits per heavy atom. The molecular formula is C31H41N9O14P2S. The molecule has 4 aliphatic rings. The first-order valence-electron chi connectivity index (χ1n) is 17.9. The SMILES string of the molecule is CCO[P@]1(=O)OCC23C[C@@H]2[C@@H](n2cnc4c(N)ncnc42)[C@H](O)[C@@H]3O[P@@](=O)(SCOC(=O)OC(C)C)OC[C@H]2O[C@@H](n3cnc4c(=O)[nH]c(C)nc43)[C@H](O1)[C@@H]2OC. The van der Waals surface area contributed by atoms with E-state index >= 15 is 0 Å². The van der Waals surface area contributed by atoms with Crippen molar-refractivity contribution in [2.45, 2.75) is 83.0 Å². The highest BCUT2D eigenvalue weighted by Crippen LogP contribution is 2.74. The summed E-state index contributed by atoms with van der Waals surface area (Å²) < 4.78 is 85.7. The molecule has 6 heterocycles. The first-order chi connectivity index (χ1) is 27.2. The molecule has 2 bridgehead atoms. The molecule has 4 N–H and O–H groups in total. The van der Waals surface area contributed by atoms with E-state index in [0.29, 0.717) is 29.0 Å². The average Bonchev–Trinajstić information content (AvgIpc) is 3.44. The van der Waals surface area contributed by atoms with Gasteiger partial charge >= 0.3 is 20.8 Å². The van der Waals surface area contributed by atoms with E-state index in [9.17, 15) is 23.8 Å².